The van der Waals surface area contributed by atoms with Gasteiger partial charge in [-0.15, -0.1) is 0 Å². The van der Waals surface area contributed by atoms with E-state index in [2.05, 4.69) is 10.1 Å². The van der Waals surface area contributed by atoms with Crippen molar-refractivity contribution in [3.8, 4) is 22.8 Å². The van der Waals surface area contributed by atoms with E-state index in [1.165, 1.54) is 14.2 Å². The number of carbonyl (C=O) groups excluding carboxylic acids is 1. The van der Waals surface area contributed by atoms with Gasteiger partial charge in [0, 0.05) is 29.5 Å². The summed E-state index contributed by atoms with van der Waals surface area (Å²) in [4.78, 5) is 31.3. The van der Waals surface area contributed by atoms with Crippen LogP contribution in [-0.4, -0.2) is 34.7 Å². The molecule has 0 atom stereocenters. The number of fused-ring (bicyclic) bond motifs is 5. The van der Waals surface area contributed by atoms with E-state index in [0.717, 1.165) is 5.56 Å². The molecule has 0 saturated heterocycles. The summed E-state index contributed by atoms with van der Waals surface area (Å²) < 4.78 is 17.7. The predicted molar refractivity (Wildman–Crippen MR) is 113 cm³/mol. The average Bonchev–Trinajstić information content (AvgIpc) is 3.34. The van der Waals surface area contributed by atoms with Crippen LogP contribution in [0.3, 0.4) is 0 Å². The van der Waals surface area contributed by atoms with Gasteiger partial charge in [-0.25, -0.2) is 0 Å². The highest BCUT2D eigenvalue weighted by molar-refractivity contribution is 6.27. The van der Waals surface area contributed by atoms with Crippen molar-refractivity contribution in [3.63, 3.8) is 0 Å². The number of carbonyl (C=O) groups is 1. The highest BCUT2D eigenvalue weighted by Gasteiger charge is 2.33. The first-order valence-electron chi connectivity index (χ1n) is 9.80. The van der Waals surface area contributed by atoms with Crippen LogP contribution >= 0.6 is 0 Å². The molecule has 156 valence electrons. The van der Waals surface area contributed by atoms with Crippen LogP contribution in [0.4, 0.5) is 0 Å². The number of benzene rings is 2. The molecule has 0 unspecified atom stereocenters. The number of rotatable bonds is 5. The maximum Gasteiger partial charge on any atom is 0.262 e. The Kier molecular flexibility index (Phi) is 4.35. The van der Waals surface area contributed by atoms with Gasteiger partial charge in [0.25, 0.3) is 5.56 Å². The van der Waals surface area contributed by atoms with E-state index in [1.807, 2.05) is 18.2 Å². The Balaban J connectivity index is 1.83. The zero-order valence-corrected chi connectivity index (χ0v) is 17.3. The van der Waals surface area contributed by atoms with E-state index in [0.29, 0.717) is 57.2 Å². The minimum atomic E-state index is -0.273. The molecule has 1 aliphatic rings. The lowest BCUT2D eigenvalue weighted by molar-refractivity contribution is 0.104. The van der Waals surface area contributed by atoms with Crippen molar-refractivity contribution in [1.29, 1.82) is 0 Å². The van der Waals surface area contributed by atoms with Gasteiger partial charge in [0.2, 0.25) is 5.89 Å². The first kappa shape index (κ1) is 19.0. The summed E-state index contributed by atoms with van der Waals surface area (Å²) in [5.41, 5.74) is 2.12. The maximum absolute atomic E-state index is 13.7. The third-order valence-electron chi connectivity index (χ3n) is 5.55. The summed E-state index contributed by atoms with van der Waals surface area (Å²) in [7, 11) is 2.99. The van der Waals surface area contributed by atoms with Gasteiger partial charge in [-0.2, -0.15) is 4.98 Å². The fraction of sp³-hybridized carbons (Fsp3) is 0.217. The molecule has 4 aromatic rings. The van der Waals surface area contributed by atoms with Gasteiger partial charge in [-0.05, 0) is 19.1 Å². The van der Waals surface area contributed by atoms with E-state index in [-0.39, 0.29) is 17.9 Å². The number of ketones is 1. The number of ether oxygens (including phenoxy) is 2. The van der Waals surface area contributed by atoms with Crippen molar-refractivity contribution < 1.29 is 18.8 Å². The fourth-order valence-corrected chi connectivity index (χ4v) is 4.24. The summed E-state index contributed by atoms with van der Waals surface area (Å²) in [5, 5.41) is 4.66. The van der Waals surface area contributed by atoms with Gasteiger partial charge in [0.1, 0.15) is 0 Å². The first-order valence-corrected chi connectivity index (χ1v) is 9.80. The van der Waals surface area contributed by atoms with E-state index < -0.39 is 0 Å². The zero-order valence-electron chi connectivity index (χ0n) is 17.3. The number of aromatic nitrogens is 3. The Morgan fingerprint density at radius 2 is 1.81 bits per heavy atom. The van der Waals surface area contributed by atoms with Crippen molar-refractivity contribution in [2.75, 3.05) is 14.2 Å². The molecule has 1 aliphatic carbocycles. The third-order valence-corrected chi connectivity index (χ3v) is 5.55. The Hall–Kier alpha value is -3.94. The number of methoxy groups -OCH3 is 2. The molecule has 2 aromatic carbocycles. The SMILES string of the molecule is COc1ccc2c3c(n(CCc4nc(C)no4)c(=O)c2c1OC)-c1ccccc1C3=O. The number of pyridine rings is 1. The standard InChI is InChI=1S/C23H19N3O5/c1-12-24-17(31-25-12)10-11-26-20-13-6-4-5-7-14(13)21(27)18(20)15-8-9-16(29-2)22(30-3)19(15)23(26)28/h4-9H,10-11H2,1-3H3. The molecule has 2 heterocycles. The second kappa shape index (κ2) is 7.09. The van der Waals surface area contributed by atoms with Crippen molar-refractivity contribution in [2.24, 2.45) is 0 Å². The zero-order chi connectivity index (χ0) is 21.7. The fourth-order valence-electron chi connectivity index (χ4n) is 4.24. The lowest BCUT2D eigenvalue weighted by Crippen LogP contribution is -2.25. The molecule has 5 rings (SSSR count). The number of hydrogen-bond donors (Lipinski definition) is 0. The van der Waals surface area contributed by atoms with Gasteiger partial charge in [-0.1, -0.05) is 29.4 Å². The Morgan fingerprint density at radius 1 is 1.03 bits per heavy atom. The second-order valence-electron chi connectivity index (χ2n) is 7.26. The van der Waals surface area contributed by atoms with E-state index in [9.17, 15) is 9.59 Å². The summed E-state index contributed by atoms with van der Waals surface area (Å²) in [6, 6.07) is 10.8. The summed E-state index contributed by atoms with van der Waals surface area (Å²) >= 11 is 0. The lowest BCUT2D eigenvalue weighted by atomic mass is 10.0. The Bertz CT molecular complexity index is 1420. The van der Waals surface area contributed by atoms with E-state index >= 15 is 0 Å². The first-order chi connectivity index (χ1) is 15.0. The Morgan fingerprint density at radius 3 is 2.48 bits per heavy atom. The van der Waals surface area contributed by atoms with Crippen LogP contribution in [0, 0.1) is 6.92 Å². The van der Waals surface area contributed by atoms with Crippen molar-refractivity contribution in [2.45, 2.75) is 19.9 Å². The molecule has 8 heteroatoms. The molecule has 0 radical (unpaired) electrons. The molecule has 0 fully saturated rings. The Labute approximate surface area is 177 Å². The highest BCUT2D eigenvalue weighted by Crippen LogP contribution is 2.43. The molecule has 0 aliphatic heterocycles. The maximum atomic E-state index is 13.7. The quantitative estimate of drug-likeness (QED) is 0.433. The van der Waals surface area contributed by atoms with Crippen LogP contribution in [0.15, 0.2) is 45.7 Å². The summed E-state index contributed by atoms with van der Waals surface area (Å²) in [6.07, 6.45) is 0.349. The highest BCUT2D eigenvalue weighted by atomic mass is 16.5. The van der Waals surface area contributed by atoms with Crippen LogP contribution in [0.2, 0.25) is 0 Å². The molecule has 8 nitrogen and oxygen atoms in total. The van der Waals surface area contributed by atoms with Crippen LogP contribution in [0.1, 0.15) is 27.6 Å². The molecule has 0 bridgehead atoms. The summed E-state index contributed by atoms with van der Waals surface area (Å²) in [6.45, 7) is 2.00. The van der Waals surface area contributed by atoms with Gasteiger partial charge < -0.3 is 18.6 Å². The molecular formula is C23H19N3O5. The minimum absolute atomic E-state index is 0.120. The van der Waals surface area contributed by atoms with Crippen molar-refractivity contribution in [1.82, 2.24) is 14.7 Å². The van der Waals surface area contributed by atoms with Gasteiger partial charge in [0.15, 0.2) is 23.1 Å². The van der Waals surface area contributed by atoms with Gasteiger partial charge >= 0.3 is 0 Å². The van der Waals surface area contributed by atoms with Gasteiger partial charge in [-0.3, -0.25) is 9.59 Å². The smallest absolute Gasteiger partial charge is 0.262 e. The van der Waals surface area contributed by atoms with Crippen LogP contribution in [0.25, 0.3) is 22.0 Å². The van der Waals surface area contributed by atoms with E-state index in [1.54, 1.807) is 29.7 Å². The number of nitrogens with zero attached hydrogens (tertiary/aromatic N) is 3. The minimum Gasteiger partial charge on any atom is -0.493 e. The van der Waals surface area contributed by atoms with Crippen molar-refractivity contribution >= 4 is 16.6 Å². The molecule has 0 N–H and O–H groups in total. The average molecular weight is 417 g/mol. The van der Waals surface area contributed by atoms with Crippen LogP contribution < -0.4 is 15.0 Å². The number of hydrogen-bond acceptors (Lipinski definition) is 7. The molecule has 2 aromatic heterocycles. The third kappa shape index (κ3) is 2.75. The molecule has 0 amide bonds. The molecule has 31 heavy (non-hydrogen) atoms. The number of aryl methyl sites for hydroxylation is 2. The molecule has 0 spiro atoms. The van der Waals surface area contributed by atoms with Crippen LogP contribution in [-0.2, 0) is 13.0 Å². The summed E-state index contributed by atoms with van der Waals surface area (Å²) in [5.74, 6) is 1.56. The second-order valence-corrected chi connectivity index (χ2v) is 7.26. The van der Waals surface area contributed by atoms with E-state index in [4.69, 9.17) is 14.0 Å². The van der Waals surface area contributed by atoms with Crippen LogP contribution in [0.5, 0.6) is 11.5 Å². The largest absolute Gasteiger partial charge is 0.493 e. The predicted octanol–water partition coefficient (Wildman–Crippen LogP) is 3.16. The van der Waals surface area contributed by atoms with Crippen molar-refractivity contribution in [3.05, 3.63) is 69.6 Å². The van der Waals surface area contributed by atoms with Gasteiger partial charge in [0.05, 0.1) is 30.9 Å². The normalized spacial score (nSPS) is 12.2. The molecule has 0 saturated carbocycles. The monoisotopic (exact) mass is 417 g/mol. The molecular weight excluding hydrogens is 398 g/mol. The lowest BCUT2D eigenvalue weighted by Gasteiger charge is -2.17. The topological polar surface area (TPSA) is 96.5 Å².